The fourth-order valence-electron chi connectivity index (χ4n) is 6.47. The minimum absolute atomic E-state index is 0.968. The van der Waals surface area contributed by atoms with Gasteiger partial charge in [0.25, 0.3) is 0 Å². The van der Waals surface area contributed by atoms with Crippen LogP contribution in [0, 0.1) is 36.5 Å². The molecule has 0 nitrogen and oxygen atoms in total. The van der Waals surface area contributed by atoms with Crippen LogP contribution in [0.5, 0.6) is 0 Å². The molecule has 0 aromatic heterocycles. The van der Waals surface area contributed by atoms with Gasteiger partial charge in [0.2, 0.25) is 0 Å². The molecule has 1 atom stereocenters. The molecule has 0 radical (unpaired) electrons. The maximum atomic E-state index is 2.58. The van der Waals surface area contributed by atoms with E-state index in [4.69, 9.17) is 0 Å². The third-order valence-electron chi connectivity index (χ3n) is 8.49. The predicted octanol–water partition coefficient (Wildman–Crippen LogP) is 8.20. The van der Waals surface area contributed by atoms with Crippen molar-refractivity contribution in [3.05, 3.63) is 41.5 Å². The van der Waals surface area contributed by atoms with Crippen molar-refractivity contribution in [2.75, 3.05) is 0 Å². The molecule has 1 aromatic carbocycles. The van der Waals surface area contributed by atoms with Crippen LogP contribution in [0.3, 0.4) is 0 Å². The van der Waals surface area contributed by atoms with Gasteiger partial charge in [-0.05, 0) is 105 Å². The molecule has 0 heterocycles. The third-order valence-corrected chi connectivity index (χ3v) is 8.49. The molecule has 1 unspecified atom stereocenters. The smallest absolute Gasteiger partial charge is 0.0228 e. The fourth-order valence-corrected chi connectivity index (χ4v) is 6.47. The molecule has 3 aliphatic rings. The van der Waals surface area contributed by atoms with E-state index in [9.17, 15) is 0 Å². The van der Waals surface area contributed by atoms with E-state index in [0.717, 1.165) is 29.6 Å². The van der Waals surface area contributed by atoms with E-state index in [-0.39, 0.29) is 0 Å². The molecule has 0 saturated heterocycles. The molecule has 0 aliphatic heterocycles. The Kier molecular flexibility index (Phi) is 6.41. The normalized spacial score (nSPS) is 34.9. The van der Waals surface area contributed by atoms with Crippen molar-refractivity contribution in [1.82, 2.24) is 0 Å². The number of rotatable bonds is 4. The molecular formula is C27H40. The maximum Gasteiger partial charge on any atom is -0.0228 e. The summed E-state index contributed by atoms with van der Waals surface area (Å²) >= 11 is 0. The minimum atomic E-state index is 0.968. The lowest BCUT2D eigenvalue weighted by molar-refractivity contribution is 0.122. The van der Waals surface area contributed by atoms with Gasteiger partial charge in [-0.3, -0.25) is 0 Å². The zero-order valence-corrected chi connectivity index (χ0v) is 17.8. The van der Waals surface area contributed by atoms with Crippen molar-refractivity contribution in [1.29, 1.82) is 0 Å². The average Bonchev–Trinajstić information content (AvgIpc) is 2.75. The monoisotopic (exact) mass is 364 g/mol. The fraction of sp³-hybridized carbons (Fsp3) is 0.704. The Balaban J connectivity index is 1.25. The molecule has 0 bridgehead atoms. The Morgan fingerprint density at radius 3 is 1.78 bits per heavy atom. The van der Waals surface area contributed by atoms with Crippen LogP contribution in [-0.4, -0.2) is 0 Å². The topological polar surface area (TPSA) is 0 Å². The first kappa shape index (κ1) is 19.3. The lowest BCUT2D eigenvalue weighted by Crippen LogP contribution is -2.28. The van der Waals surface area contributed by atoms with Gasteiger partial charge in [0.05, 0.1) is 0 Å². The Morgan fingerprint density at radius 1 is 0.704 bits per heavy atom. The van der Waals surface area contributed by atoms with E-state index < -0.39 is 0 Å². The number of hydrogen-bond acceptors (Lipinski definition) is 0. The van der Waals surface area contributed by atoms with Gasteiger partial charge >= 0.3 is 0 Å². The highest BCUT2D eigenvalue weighted by atomic mass is 14.4. The summed E-state index contributed by atoms with van der Waals surface area (Å²) in [5.74, 6) is 5.18. The molecule has 148 valence electrons. The van der Waals surface area contributed by atoms with Gasteiger partial charge in [0.15, 0.2) is 0 Å². The highest BCUT2D eigenvalue weighted by molar-refractivity contribution is 5.66. The third kappa shape index (κ3) is 4.69. The molecule has 0 spiro atoms. The second kappa shape index (κ2) is 8.97. The van der Waals surface area contributed by atoms with Crippen LogP contribution >= 0.6 is 0 Å². The Morgan fingerprint density at radius 2 is 1.26 bits per heavy atom. The van der Waals surface area contributed by atoms with Crippen molar-refractivity contribution in [2.24, 2.45) is 29.6 Å². The molecular weight excluding hydrogens is 324 g/mol. The van der Waals surface area contributed by atoms with Gasteiger partial charge in [-0.1, -0.05) is 62.1 Å². The van der Waals surface area contributed by atoms with Gasteiger partial charge in [0.1, 0.15) is 0 Å². The van der Waals surface area contributed by atoms with E-state index in [1.165, 1.54) is 75.3 Å². The number of benzene rings is 1. The number of hydrogen-bond donors (Lipinski definition) is 0. The van der Waals surface area contributed by atoms with E-state index in [0.29, 0.717) is 0 Å². The summed E-state index contributed by atoms with van der Waals surface area (Å²) in [6, 6.07) is 9.16. The quantitative estimate of drug-likeness (QED) is 0.505. The summed E-state index contributed by atoms with van der Waals surface area (Å²) in [6.45, 7) is 4.57. The lowest BCUT2D eigenvalue weighted by Gasteiger charge is -2.40. The van der Waals surface area contributed by atoms with Crippen LogP contribution in [0.25, 0.3) is 5.57 Å². The molecule has 27 heavy (non-hydrogen) atoms. The van der Waals surface area contributed by atoms with Crippen molar-refractivity contribution >= 4 is 5.57 Å². The SMILES string of the molecule is CC[C@H]1CC[C@H](C2CCC(C3CC=C(c4ccc(C)cc4)CC3)CC2)CC1. The zero-order chi connectivity index (χ0) is 18.6. The van der Waals surface area contributed by atoms with E-state index in [2.05, 4.69) is 44.2 Å². The van der Waals surface area contributed by atoms with Crippen LogP contribution in [0.15, 0.2) is 30.3 Å². The number of allylic oxidation sites excluding steroid dienone is 2. The summed E-state index contributed by atoms with van der Waals surface area (Å²) in [5.41, 5.74) is 4.44. The highest BCUT2D eigenvalue weighted by Crippen LogP contribution is 2.46. The van der Waals surface area contributed by atoms with Crippen LogP contribution in [-0.2, 0) is 0 Å². The second-order valence-electron chi connectivity index (χ2n) is 9.99. The average molecular weight is 365 g/mol. The Bertz CT molecular complexity index is 606. The molecule has 0 amide bonds. The van der Waals surface area contributed by atoms with Crippen molar-refractivity contribution in [3.63, 3.8) is 0 Å². The maximum absolute atomic E-state index is 2.58. The summed E-state index contributed by atoms with van der Waals surface area (Å²) < 4.78 is 0. The largest absolute Gasteiger partial charge is 0.0804 e. The molecule has 3 aliphatic carbocycles. The van der Waals surface area contributed by atoms with Crippen LogP contribution in [0.4, 0.5) is 0 Å². The van der Waals surface area contributed by atoms with Crippen molar-refractivity contribution in [2.45, 2.75) is 90.9 Å². The van der Waals surface area contributed by atoms with E-state index in [1.807, 2.05) is 0 Å². The molecule has 0 heteroatoms. The van der Waals surface area contributed by atoms with E-state index in [1.54, 1.807) is 18.4 Å². The second-order valence-corrected chi connectivity index (χ2v) is 9.99. The molecule has 1 aromatic rings. The lowest BCUT2D eigenvalue weighted by atomic mass is 9.65. The van der Waals surface area contributed by atoms with Crippen LogP contribution < -0.4 is 0 Å². The minimum Gasteiger partial charge on any atom is -0.0804 e. The summed E-state index contributed by atoms with van der Waals surface area (Å²) in [4.78, 5) is 0. The molecule has 2 fully saturated rings. The van der Waals surface area contributed by atoms with Crippen molar-refractivity contribution in [3.8, 4) is 0 Å². The standard InChI is InChI=1S/C27H40/c1-3-21-6-10-23(11-7-21)25-14-18-27(19-15-25)26-16-12-24(13-17-26)22-8-4-20(2)5-9-22/h4-5,8-9,12,21,23,25-27H,3,6-7,10-11,13-19H2,1-2H3/t21-,23-,25?,26?,27?. The van der Waals surface area contributed by atoms with Gasteiger partial charge < -0.3 is 0 Å². The van der Waals surface area contributed by atoms with Crippen LogP contribution in [0.2, 0.25) is 0 Å². The van der Waals surface area contributed by atoms with Gasteiger partial charge in [-0.25, -0.2) is 0 Å². The zero-order valence-electron chi connectivity index (χ0n) is 17.8. The predicted molar refractivity (Wildman–Crippen MR) is 118 cm³/mol. The summed E-state index contributed by atoms with van der Waals surface area (Å²) in [7, 11) is 0. The van der Waals surface area contributed by atoms with Gasteiger partial charge in [-0.15, -0.1) is 0 Å². The molecule has 2 saturated carbocycles. The van der Waals surface area contributed by atoms with Crippen molar-refractivity contribution < 1.29 is 0 Å². The van der Waals surface area contributed by atoms with Crippen LogP contribution in [0.1, 0.15) is 95.1 Å². The first-order valence-electron chi connectivity index (χ1n) is 12.0. The van der Waals surface area contributed by atoms with Gasteiger partial charge in [0, 0.05) is 0 Å². The first-order chi connectivity index (χ1) is 13.2. The number of aryl methyl sites for hydroxylation is 1. The Labute approximate surface area is 167 Å². The highest BCUT2D eigenvalue weighted by Gasteiger charge is 2.33. The summed E-state index contributed by atoms with van der Waals surface area (Å²) in [6.07, 6.45) is 20.3. The first-order valence-corrected chi connectivity index (χ1v) is 12.0. The van der Waals surface area contributed by atoms with E-state index >= 15 is 0 Å². The molecule has 4 rings (SSSR count). The molecule has 0 N–H and O–H groups in total. The van der Waals surface area contributed by atoms with Gasteiger partial charge in [-0.2, -0.15) is 0 Å². The summed E-state index contributed by atoms with van der Waals surface area (Å²) in [5, 5.41) is 0. The Hall–Kier alpha value is -1.04.